The molecule has 0 radical (unpaired) electrons. The molecule has 34 heavy (non-hydrogen) atoms. The molecule has 0 bridgehead atoms. The van der Waals surface area contributed by atoms with Crippen molar-refractivity contribution in [2.45, 2.75) is 26.2 Å². The maximum absolute atomic E-state index is 13.3. The molecule has 0 unspecified atom stereocenters. The third kappa shape index (κ3) is 5.26. The number of ether oxygens (including phenoxy) is 3. The molecule has 4 rings (SSSR count). The topological polar surface area (TPSA) is 77.9 Å². The first-order valence-corrected chi connectivity index (χ1v) is 11.1. The van der Waals surface area contributed by atoms with Crippen LogP contribution in [0.3, 0.4) is 0 Å². The summed E-state index contributed by atoms with van der Waals surface area (Å²) < 4.78 is 31.5. The lowest BCUT2D eigenvalue weighted by Crippen LogP contribution is -2.39. The van der Waals surface area contributed by atoms with Crippen LogP contribution in [-0.2, 0) is 38.0 Å². The largest absolute Gasteiger partial charge is 0.497 e. The minimum Gasteiger partial charge on any atom is -0.497 e. The summed E-state index contributed by atoms with van der Waals surface area (Å²) in [5.41, 5.74) is 4.08. The van der Waals surface area contributed by atoms with Crippen molar-refractivity contribution < 1.29 is 23.4 Å². The van der Waals surface area contributed by atoms with Crippen LogP contribution in [0.5, 0.6) is 11.5 Å². The standard InChI is InChI=1S/C24H26ClFN4O4/c1-29-23-6-7-30(24(31)27-17-9-18(32-2)11-19(10-17)33-3)12-20(23)22(28-29)14-34-13-15-4-5-16(26)8-21(15)25/h4-5,8-11H,6-7,12-14H2,1-3H3,(H,27,31). The molecule has 2 heterocycles. The van der Waals surface area contributed by atoms with E-state index in [1.807, 2.05) is 11.7 Å². The van der Waals surface area contributed by atoms with Crippen LogP contribution in [0.4, 0.5) is 14.9 Å². The highest BCUT2D eigenvalue weighted by Gasteiger charge is 2.27. The molecule has 180 valence electrons. The molecule has 0 fully saturated rings. The number of urea groups is 1. The number of carbonyl (C=O) groups excluding carboxylic acids is 1. The first-order valence-electron chi connectivity index (χ1n) is 10.7. The molecule has 1 aliphatic rings. The van der Waals surface area contributed by atoms with Crippen LogP contribution in [-0.4, -0.2) is 41.5 Å². The Bertz CT molecular complexity index is 1180. The van der Waals surface area contributed by atoms with Gasteiger partial charge in [0, 0.05) is 60.2 Å². The van der Waals surface area contributed by atoms with Gasteiger partial charge in [0.05, 0.1) is 39.7 Å². The predicted octanol–water partition coefficient (Wildman–Crippen LogP) is 4.54. The average Bonchev–Trinajstić information content (AvgIpc) is 3.14. The number of hydrogen-bond donors (Lipinski definition) is 1. The summed E-state index contributed by atoms with van der Waals surface area (Å²) in [4.78, 5) is 14.7. The van der Waals surface area contributed by atoms with Gasteiger partial charge in [-0.3, -0.25) is 4.68 Å². The van der Waals surface area contributed by atoms with Gasteiger partial charge in [0.1, 0.15) is 17.3 Å². The summed E-state index contributed by atoms with van der Waals surface area (Å²) in [6.07, 6.45) is 0.678. The van der Waals surface area contributed by atoms with Crippen molar-refractivity contribution in [2.24, 2.45) is 7.05 Å². The molecule has 0 saturated heterocycles. The van der Waals surface area contributed by atoms with Crippen LogP contribution in [0.15, 0.2) is 36.4 Å². The van der Waals surface area contributed by atoms with E-state index in [0.29, 0.717) is 47.3 Å². The number of nitrogens with zero attached hydrogens (tertiary/aromatic N) is 3. The summed E-state index contributed by atoms with van der Waals surface area (Å²) in [5, 5.41) is 7.83. The van der Waals surface area contributed by atoms with Crippen LogP contribution in [0.1, 0.15) is 22.5 Å². The Kier molecular flexibility index (Phi) is 7.23. The molecule has 0 spiro atoms. The Morgan fingerprint density at radius 2 is 1.88 bits per heavy atom. The maximum atomic E-state index is 13.3. The Labute approximate surface area is 202 Å². The van der Waals surface area contributed by atoms with E-state index in [1.54, 1.807) is 43.4 Å². The first kappa shape index (κ1) is 23.8. The zero-order chi connectivity index (χ0) is 24.2. The molecular weight excluding hydrogens is 463 g/mol. The van der Waals surface area contributed by atoms with Crippen LogP contribution >= 0.6 is 11.6 Å². The fourth-order valence-corrected chi connectivity index (χ4v) is 4.16. The van der Waals surface area contributed by atoms with E-state index in [-0.39, 0.29) is 19.2 Å². The van der Waals surface area contributed by atoms with Crippen molar-refractivity contribution in [1.82, 2.24) is 14.7 Å². The molecule has 0 atom stereocenters. The third-order valence-electron chi connectivity index (χ3n) is 5.73. The lowest BCUT2D eigenvalue weighted by atomic mass is 10.1. The van der Waals surface area contributed by atoms with Gasteiger partial charge in [-0.2, -0.15) is 5.10 Å². The van der Waals surface area contributed by atoms with E-state index in [9.17, 15) is 9.18 Å². The second-order valence-electron chi connectivity index (χ2n) is 7.93. The molecule has 10 heteroatoms. The van der Waals surface area contributed by atoms with E-state index in [4.69, 9.17) is 25.8 Å². The maximum Gasteiger partial charge on any atom is 0.322 e. The number of fused-ring (bicyclic) bond motifs is 1. The molecule has 2 aromatic carbocycles. The number of methoxy groups -OCH3 is 2. The predicted molar refractivity (Wildman–Crippen MR) is 126 cm³/mol. The fourth-order valence-electron chi connectivity index (χ4n) is 3.94. The molecular formula is C24H26ClFN4O4. The van der Waals surface area contributed by atoms with Gasteiger partial charge < -0.3 is 24.4 Å². The number of nitrogens with one attached hydrogen (secondary N) is 1. The van der Waals surface area contributed by atoms with E-state index >= 15 is 0 Å². The molecule has 1 aromatic heterocycles. The normalized spacial score (nSPS) is 12.9. The van der Waals surface area contributed by atoms with E-state index in [1.165, 1.54) is 12.1 Å². The Hall–Kier alpha value is -3.30. The average molecular weight is 489 g/mol. The third-order valence-corrected chi connectivity index (χ3v) is 6.08. The van der Waals surface area contributed by atoms with Crippen molar-refractivity contribution >= 4 is 23.3 Å². The van der Waals surface area contributed by atoms with Gasteiger partial charge in [-0.15, -0.1) is 0 Å². The van der Waals surface area contributed by atoms with Gasteiger partial charge in [-0.05, 0) is 17.7 Å². The van der Waals surface area contributed by atoms with Crippen molar-refractivity contribution in [2.75, 3.05) is 26.1 Å². The number of hydrogen-bond acceptors (Lipinski definition) is 5. The summed E-state index contributed by atoms with van der Waals surface area (Å²) in [7, 11) is 5.00. The molecule has 3 aromatic rings. The summed E-state index contributed by atoms with van der Waals surface area (Å²) in [6.45, 7) is 1.45. The second-order valence-corrected chi connectivity index (χ2v) is 8.33. The minimum absolute atomic E-state index is 0.227. The second kappa shape index (κ2) is 10.3. The van der Waals surface area contributed by atoms with E-state index in [0.717, 1.165) is 17.0 Å². The van der Waals surface area contributed by atoms with Crippen LogP contribution in [0.25, 0.3) is 0 Å². The molecule has 8 nitrogen and oxygen atoms in total. The number of carbonyl (C=O) groups is 1. The van der Waals surface area contributed by atoms with Crippen molar-refractivity contribution in [3.8, 4) is 11.5 Å². The number of aromatic nitrogens is 2. The lowest BCUT2D eigenvalue weighted by molar-refractivity contribution is 0.103. The zero-order valence-electron chi connectivity index (χ0n) is 19.2. The Balaban J connectivity index is 1.43. The van der Waals surface area contributed by atoms with Crippen LogP contribution < -0.4 is 14.8 Å². The summed E-state index contributed by atoms with van der Waals surface area (Å²) in [6, 6.07) is 9.20. The first-order chi connectivity index (χ1) is 16.4. The number of rotatable bonds is 7. The van der Waals surface area contributed by atoms with Crippen LogP contribution in [0.2, 0.25) is 5.02 Å². The van der Waals surface area contributed by atoms with E-state index in [2.05, 4.69) is 10.4 Å². The van der Waals surface area contributed by atoms with Crippen LogP contribution in [0, 0.1) is 5.82 Å². The highest BCUT2D eigenvalue weighted by molar-refractivity contribution is 6.31. The Morgan fingerprint density at radius 1 is 1.15 bits per heavy atom. The van der Waals surface area contributed by atoms with Gasteiger partial charge in [-0.25, -0.2) is 9.18 Å². The van der Waals surface area contributed by atoms with E-state index < -0.39 is 5.82 Å². The SMILES string of the molecule is COc1cc(NC(=O)N2CCc3c(c(COCc4ccc(F)cc4Cl)nn3C)C2)cc(OC)c1. The van der Waals surface area contributed by atoms with Crippen molar-refractivity contribution in [3.63, 3.8) is 0 Å². The Morgan fingerprint density at radius 3 is 2.56 bits per heavy atom. The number of amides is 2. The van der Waals surface area contributed by atoms with Gasteiger partial charge in [0.2, 0.25) is 0 Å². The number of anilines is 1. The monoisotopic (exact) mass is 488 g/mol. The molecule has 0 aliphatic carbocycles. The number of halogens is 2. The van der Waals surface area contributed by atoms with Gasteiger partial charge in [0.15, 0.2) is 0 Å². The zero-order valence-corrected chi connectivity index (χ0v) is 20.0. The lowest BCUT2D eigenvalue weighted by Gasteiger charge is -2.28. The quantitative estimate of drug-likeness (QED) is 0.528. The van der Waals surface area contributed by atoms with Crippen molar-refractivity contribution in [3.05, 3.63) is 69.8 Å². The fraction of sp³-hybridized carbons (Fsp3) is 0.333. The highest BCUT2D eigenvalue weighted by Crippen LogP contribution is 2.28. The highest BCUT2D eigenvalue weighted by atomic mass is 35.5. The van der Waals surface area contributed by atoms with Crippen molar-refractivity contribution in [1.29, 1.82) is 0 Å². The summed E-state index contributed by atoms with van der Waals surface area (Å²) >= 11 is 6.08. The molecule has 1 N–H and O–H groups in total. The summed E-state index contributed by atoms with van der Waals surface area (Å²) in [5.74, 6) is 0.783. The van der Waals surface area contributed by atoms with Gasteiger partial charge >= 0.3 is 6.03 Å². The minimum atomic E-state index is -0.390. The van der Waals surface area contributed by atoms with Gasteiger partial charge in [0.25, 0.3) is 0 Å². The smallest absolute Gasteiger partial charge is 0.322 e. The van der Waals surface area contributed by atoms with Gasteiger partial charge in [-0.1, -0.05) is 17.7 Å². The molecule has 0 saturated carbocycles. The number of benzene rings is 2. The molecule has 1 aliphatic heterocycles. The number of aryl methyl sites for hydroxylation is 1. The molecule has 2 amide bonds.